The molecule has 4 heteroatoms. The van der Waals surface area contributed by atoms with Crippen molar-refractivity contribution in [3.63, 3.8) is 0 Å². The molecule has 0 aromatic heterocycles. The van der Waals surface area contributed by atoms with Crippen molar-refractivity contribution in [1.29, 1.82) is 0 Å². The Morgan fingerprint density at radius 2 is 1.94 bits per heavy atom. The van der Waals surface area contributed by atoms with Gasteiger partial charge in [-0.2, -0.15) is 0 Å². The summed E-state index contributed by atoms with van der Waals surface area (Å²) < 4.78 is 0. The quantitative estimate of drug-likeness (QED) is 0.697. The van der Waals surface area contributed by atoms with Crippen LogP contribution >= 0.6 is 0 Å². The van der Waals surface area contributed by atoms with Crippen LogP contribution in [0.15, 0.2) is 0 Å². The summed E-state index contributed by atoms with van der Waals surface area (Å²) in [7, 11) is 2.25. The topological polar surface area (TPSA) is 58.4 Å². The van der Waals surface area contributed by atoms with Crippen LogP contribution in [0.3, 0.4) is 0 Å². The second kappa shape index (κ2) is 6.53. The number of hydrogen-bond acceptors (Lipinski definition) is 3. The monoisotopic (exact) mass is 253 g/mol. The van der Waals surface area contributed by atoms with Gasteiger partial charge in [0.1, 0.15) is 0 Å². The van der Waals surface area contributed by atoms with Crippen molar-refractivity contribution >= 4 is 5.91 Å². The van der Waals surface area contributed by atoms with E-state index in [1.54, 1.807) is 0 Å². The SMILES string of the molecule is CN1C2CCC1CC(CNC(=O)CCCCN)C2. The molecule has 0 aliphatic carbocycles. The van der Waals surface area contributed by atoms with Crippen LogP contribution in [-0.4, -0.2) is 43.0 Å². The number of hydrogen-bond donors (Lipinski definition) is 2. The first kappa shape index (κ1) is 13.8. The Labute approximate surface area is 110 Å². The number of fused-ring (bicyclic) bond motifs is 2. The molecular weight excluding hydrogens is 226 g/mol. The highest BCUT2D eigenvalue weighted by molar-refractivity contribution is 5.75. The van der Waals surface area contributed by atoms with Crippen LogP contribution in [-0.2, 0) is 4.79 Å². The largest absolute Gasteiger partial charge is 0.356 e. The molecule has 2 aliphatic heterocycles. The first-order chi connectivity index (χ1) is 8.70. The van der Waals surface area contributed by atoms with Crippen molar-refractivity contribution in [2.24, 2.45) is 11.7 Å². The minimum Gasteiger partial charge on any atom is -0.356 e. The molecule has 2 heterocycles. The van der Waals surface area contributed by atoms with Gasteiger partial charge < -0.3 is 16.0 Å². The van der Waals surface area contributed by atoms with Crippen molar-refractivity contribution in [3.8, 4) is 0 Å². The molecule has 2 rings (SSSR count). The minimum absolute atomic E-state index is 0.203. The summed E-state index contributed by atoms with van der Waals surface area (Å²) in [5.41, 5.74) is 5.42. The summed E-state index contributed by atoms with van der Waals surface area (Å²) in [5, 5.41) is 3.10. The van der Waals surface area contributed by atoms with Crippen molar-refractivity contribution in [1.82, 2.24) is 10.2 Å². The van der Waals surface area contributed by atoms with Gasteiger partial charge in [0.25, 0.3) is 0 Å². The second-order valence-electron chi connectivity index (χ2n) is 5.94. The molecule has 104 valence electrons. The molecule has 2 bridgehead atoms. The van der Waals surface area contributed by atoms with Crippen molar-refractivity contribution in [2.45, 2.75) is 57.0 Å². The van der Waals surface area contributed by atoms with E-state index in [2.05, 4.69) is 17.3 Å². The Morgan fingerprint density at radius 3 is 2.56 bits per heavy atom. The van der Waals surface area contributed by atoms with E-state index < -0.39 is 0 Å². The first-order valence-corrected chi connectivity index (χ1v) is 7.39. The zero-order chi connectivity index (χ0) is 13.0. The van der Waals surface area contributed by atoms with Gasteiger partial charge in [-0.25, -0.2) is 0 Å². The molecule has 2 atom stereocenters. The molecule has 0 aromatic carbocycles. The predicted octanol–water partition coefficient (Wildman–Crippen LogP) is 1.10. The maximum atomic E-state index is 11.6. The van der Waals surface area contributed by atoms with E-state index in [0.29, 0.717) is 18.9 Å². The summed E-state index contributed by atoms with van der Waals surface area (Å²) in [6.07, 6.45) is 7.72. The Balaban J connectivity index is 1.64. The molecule has 1 amide bonds. The van der Waals surface area contributed by atoms with Gasteiger partial charge in [0.15, 0.2) is 0 Å². The number of unbranched alkanes of at least 4 members (excludes halogenated alkanes) is 1. The van der Waals surface area contributed by atoms with Gasteiger partial charge in [0.2, 0.25) is 5.91 Å². The smallest absolute Gasteiger partial charge is 0.220 e. The van der Waals surface area contributed by atoms with Crippen LogP contribution in [0.2, 0.25) is 0 Å². The van der Waals surface area contributed by atoms with E-state index in [9.17, 15) is 4.79 Å². The molecule has 0 radical (unpaired) electrons. The molecule has 2 fully saturated rings. The Hall–Kier alpha value is -0.610. The summed E-state index contributed by atoms with van der Waals surface area (Å²) >= 11 is 0. The van der Waals surface area contributed by atoms with Crippen LogP contribution in [0.5, 0.6) is 0 Å². The zero-order valence-electron chi connectivity index (χ0n) is 11.5. The standard InChI is InChI=1S/C14H27N3O/c1-17-12-5-6-13(17)9-11(8-12)10-16-14(18)4-2-3-7-15/h11-13H,2-10,15H2,1H3,(H,16,18). The van der Waals surface area contributed by atoms with Gasteiger partial charge in [0, 0.05) is 25.0 Å². The normalized spacial score (nSPS) is 31.6. The molecule has 0 saturated carbocycles. The highest BCUT2D eigenvalue weighted by atomic mass is 16.1. The summed E-state index contributed by atoms with van der Waals surface area (Å²) in [5.74, 6) is 0.895. The van der Waals surface area contributed by atoms with Crippen LogP contribution in [0.1, 0.15) is 44.9 Å². The van der Waals surface area contributed by atoms with E-state index in [1.807, 2.05) is 0 Å². The van der Waals surface area contributed by atoms with Crippen molar-refractivity contribution < 1.29 is 4.79 Å². The Kier molecular flexibility index (Phi) is 5.01. The van der Waals surface area contributed by atoms with Crippen LogP contribution < -0.4 is 11.1 Å². The fraction of sp³-hybridized carbons (Fsp3) is 0.929. The van der Waals surface area contributed by atoms with Crippen LogP contribution in [0, 0.1) is 5.92 Å². The molecule has 0 spiro atoms. The lowest BCUT2D eigenvalue weighted by Crippen LogP contribution is -2.43. The predicted molar refractivity (Wildman–Crippen MR) is 73.2 cm³/mol. The maximum Gasteiger partial charge on any atom is 0.220 e. The zero-order valence-corrected chi connectivity index (χ0v) is 11.5. The van der Waals surface area contributed by atoms with E-state index in [-0.39, 0.29) is 5.91 Å². The molecule has 2 saturated heterocycles. The first-order valence-electron chi connectivity index (χ1n) is 7.39. The Morgan fingerprint density at radius 1 is 1.28 bits per heavy atom. The average Bonchev–Trinajstić information content (AvgIpc) is 2.60. The molecule has 4 nitrogen and oxygen atoms in total. The third-order valence-corrected chi connectivity index (χ3v) is 4.64. The fourth-order valence-electron chi connectivity index (χ4n) is 3.47. The van der Waals surface area contributed by atoms with E-state index in [1.165, 1.54) is 25.7 Å². The van der Waals surface area contributed by atoms with Gasteiger partial charge >= 0.3 is 0 Å². The second-order valence-corrected chi connectivity index (χ2v) is 5.94. The lowest BCUT2D eigenvalue weighted by molar-refractivity contribution is -0.121. The van der Waals surface area contributed by atoms with Crippen molar-refractivity contribution in [3.05, 3.63) is 0 Å². The molecule has 18 heavy (non-hydrogen) atoms. The number of nitrogens with one attached hydrogen (secondary N) is 1. The van der Waals surface area contributed by atoms with Crippen LogP contribution in [0.4, 0.5) is 0 Å². The molecule has 0 aromatic rings. The lowest BCUT2D eigenvalue weighted by Gasteiger charge is -2.36. The number of carbonyl (C=O) groups excluding carboxylic acids is 1. The summed E-state index contributed by atoms with van der Waals surface area (Å²) in [6.45, 7) is 1.56. The summed E-state index contributed by atoms with van der Waals surface area (Å²) in [6, 6.07) is 1.53. The fourth-order valence-corrected chi connectivity index (χ4v) is 3.47. The van der Waals surface area contributed by atoms with E-state index >= 15 is 0 Å². The lowest BCUT2D eigenvalue weighted by atomic mass is 9.91. The highest BCUT2D eigenvalue weighted by Crippen LogP contribution is 2.36. The number of piperidine rings is 1. The van der Waals surface area contributed by atoms with E-state index in [4.69, 9.17) is 5.73 Å². The molecule has 2 unspecified atom stereocenters. The third-order valence-electron chi connectivity index (χ3n) is 4.64. The maximum absolute atomic E-state index is 11.6. The van der Waals surface area contributed by atoms with E-state index in [0.717, 1.165) is 31.5 Å². The molecular formula is C14H27N3O. The highest BCUT2D eigenvalue weighted by Gasteiger charge is 2.38. The van der Waals surface area contributed by atoms with Gasteiger partial charge in [-0.3, -0.25) is 4.79 Å². The van der Waals surface area contributed by atoms with Gasteiger partial charge in [-0.15, -0.1) is 0 Å². The minimum atomic E-state index is 0.203. The number of rotatable bonds is 6. The number of amides is 1. The number of carbonyl (C=O) groups is 1. The number of nitrogens with two attached hydrogens (primary N) is 1. The molecule has 2 aliphatic rings. The van der Waals surface area contributed by atoms with Gasteiger partial charge in [0.05, 0.1) is 0 Å². The molecule has 3 N–H and O–H groups in total. The number of nitrogens with zero attached hydrogens (tertiary/aromatic N) is 1. The Bertz CT molecular complexity index is 268. The summed E-state index contributed by atoms with van der Waals surface area (Å²) in [4.78, 5) is 14.2. The average molecular weight is 253 g/mol. The van der Waals surface area contributed by atoms with Gasteiger partial charge in [-0.05, 0) is 58.0 Å². The van der Waals surface area contributed by atoms with Gasteiger partial charge in [-0.1, -0.05) is 0 Å². The van der Waals surface area contributed by atoms with Crippen molar-refractivity contribution in [2.75, 3.05) is 20.1 Å². The van der Waals surface area contributed by atoms with Crippen LogP contribution in [0.25, 0.3) is 0 Å². The third kappa shape index (κ3) is 3.45.